The normalized spacial score (nSPS) is 13.2. The maximum absolute atomic E-state index is 13.2. The van der Waals surface area contributed by atoms with Crippen LogP contribution >= 0.6 is 7.60 Å². The van der Waals surface area contributed by atoms with Crippen molar-refractivity contribution >= 4 is 13.6 Å². The van der Waals surface area contributed by atoms with Gasteiger partial charge in [-0.1, -0.05) is 12.1 Å². The summed E-state index contributed by atoms with van der Waals surface area (Å²) in [6.07, 6.45) is -0.347. The number of carboxylic acid groups (broad SMARTS) is 1. The van der Waals surface area contributed by atoms with E-state index in [2.05, 4.69) is 0 Å². The van der Waals surface area contributed by atoms with E-state index in [1.165, 1.54) is 26.4 Å². The van der Waals surface area contributed by atoms with E-state index in [-0.39, 0.29) is 25.2 Å². The molecular formula is C16H25O7P. The van der Waals surface area contributed by atoms with Gasteiger partial charge in [0.25, 0.3) is 0 Å². The highest BCUT2D eigenvalue weighted by Crippen LogP contribution is 2.62. The molecule has 0 heterocycles. The SMILES string of the molecule is CCOP(=O)(OCC)C(CC(OC)OC)c1ccc(C(=O)O)cc1. The maximum atomic E-state index is 13.2. The number of rotatable bonds is 11. The van der Waals surface area contributed by atoms with Crippen molar-refractivity contribution in [3.63, 3.8) is 0 Å². The Morgan fingerprint density at radius 2 is 1.58 bits per heavy atom. The molecule has 8 heteroatoms. The van der Waals surface area contributed by atoms with Crippen molar-refractivity contribution < 1.29 is 33.0 Å². The molecule has 136 valence electrons. The molecule has 0 aliphatic heterocycles. The molecule has 1 aromatic rings. The fourth-order valence-corrected chi connectivity index (χ4v) is 4.47. The third-order valence-electron chi connectivity index (χ3n) is 3.48. The lowest BCUT2D eigenvalue weighted by Gasteiger charge is -2.29. The van der Waals surface area contributed by atoms with Gasteiger partial charge < -0.3 is 23.6 Å². The summed E-state index contributed by atoms with van der Waals surface area (Å²) in [6, 6.07) is 6.14. The molecule has 0 aliphatic rings. The van der Waals surface area contributed by atoms with Gasteiger partial charge in [0, 0.05) is 20.6 Å². The van der Waals surface area contributed by atoms with E-state index in [4.69, 9.17) is 23.6 Å². The molecule has 0 spiro atoms. The van der Waals surface area contributed by atoms with Gasteiger partial charge in [0.05, 0.1) is 24.4 Å². The van der Waals surface area contributed by atoms with Crippen LogP contribution in [0.2, 0.25) is 0 Å². The average molecular weight is 360 g/mol. The van der Waals surface area contributed by atoms with Crippen LogP contribution in [0.4, 0.5) is 0 Å². The first-order chi connectivity index (χ1) is 11.4. The minimum absolute atomic E-state index is 0.148. The molecule has 0 aromatic heterocycles. The number of carbonyl (C=O) groups is 1. The van der Waals surface area contributed by atoms with E-state index < -0.39 is 25.5 Å². The van der Waals surface area contributed by atoms with E-state index in [1.807, 2.05) is 0 Å². The van der Waals surface area contributed by atoms with Gasteiger partial charge in [-0.3, -0.25) is 4.57 Å². The number of carboxylic acids is 1. The lowest BCUT2D eigenvalue weighted by atomic mass is 10.1. The third kappa shape index (κ3) is 5.40. The van der Waals surface area contributed by atoms with Gasteiger partial charge in [0.1, 0.15) is 0 Å². The number of benzene rings is 1. The monoisotopic (exact) mass is 360 g/mol. The smallest absolute Gasteiger partial charge is 0.338 e. The first kappa shape index (κ1) is 20.8. The second-order valence-corrected chi connectivity index (χ2v) is 7.17. The molecule has 24 heavy (non-hydrogen) atoms. The molecule has 0 saturated heterocycles. The van der Waals surface area contributed by atoms with Gasteiger partial charge in [-0.05, 0) is 31.5 Å². The Kier molecular flexibility index (Phi) is 8.59. The zero-order valence-electron chi connectivity index (χ0n) is 14.4. The highest BCUT2D eigenvalue weighted by atomic mass is 31.2. The minimum atomic E-state index is -3.48. The molecule has 0 saturated carbocycles. The maximum Gasteiger partial charge on any atom is 0.338 e. The number of methoxy groups -OCH3 is 2. The first-order valence-electron chi connectivity index (χ1n) is 7.69. The number of aromatic carboxylic acids is 1. The van der Waals surface area contributed by atoms with Crippen LogP contribution in [0.1, 0.15) is 41.8 Å². The number of ether oxygens (including phenoxy) is 2. The molecule has 1 N–H and O–H groups in total. The average Bonchev–Trinajstić information content (AvgIpc) is 2.56. The van der Waals surface area contributed by atoms with Gasteiger partial charge in [-0.25, -0.2) is 4.79 Å². The van der Waals surface area contributed by atoms with Crippen LogP contribution in [0.5, 0.6) is 0 Å². The molecule has 1 rings (SSSR count). The Morgan fingerprint density at radius 3 is 1.96 bits per heavy atom. The van der Waals surface area contributed by atoms with Gasteiger partial charge in [0.15, 0.2) is 6.29 Å². The largest absolute Gasteiger partial charge is 0.478 e. The predicted octanol–water partition coefficient (Wildman–Crippen LogP) is 3.70. The molecule has 1 unspecified atom stereocenters. The van der Waals surface area contributed by atoms with Crippen molar-refractivity contribution in [2.45, 2.75) is 32.2 Å². The van der Waals surface area contributed by atoms with Crippen LogP contribution in [0.15, 0.2) is 24.3 Å². The second-order valence-electron chi connectivity index (χ2n) is 4.96. The van der Waals surface area contributed by atoms with Crippen molar-refractivity contribution in [3.05, 3.63) is 35.4 Å². The highest BCUT2D eigenvalue weighted by molar-refractivity contribution is 7.54. The van der Waals surface area contributed by atoms with Crippen LogP contribution in [0, 0.1) is 0 Å². The summed E-state index contributed by atoms with van der Waals surface area (Å²) in [6.45, 7) is 3.93. The van der Waals surface area contributed by atoms with Crippen LogP contribution in [-0.2, 0) is 23.1 Å². The Morgan fingerprint density at radius 1 is 1.08 bits per heavy atom. The fourth-order valence-electron chi connectivity index (χ4n) is 2.34. The molecule has 0 amide bonds. The van der Waals surface area contributed by atoms with Gasteiger partial charge in [0.2, 0.25) is 0 Å². The van der Waals surface area contributed by atoms with Crippen molar-refractivity contribution in [1.82, 2.24) is 0 Å². The summed E-state index contributed by atoms with van der Waals surface area (Å²) in [7, 11) is -0.496. The lowest BCUT2D eigenvalue weighted by Crippen LogP contribution is -2.19. The Bertz CT molecular complexity index is 544. The molecule has 1 atom stereocenters. The summed E-state index contributed by atoms with van der Waals surface area (Å²) in [4.78, 5) is 11.0. The summed E-state index contributed by atoms with van der Waals surface area (Å²) >= 11 is 0. The van der Waals surface area contributed by atoms with E-state index in [1.54, 1.807) is 26.0 Å². The fraction of sp³-hybridized carbons (Fsp3) is 0.562. The third-order valence-corrected chi connectivity index (χ3v) is 5.99. The quantitative estimate of drug-likeness (QED) is 0.475. The zero-order chi connectivity index (χ0) is 18.2. The highest BCUT2D eigenvalue weighted by Gasteiger charge is 2.38. The molecule has 0 fully saturated rings. The zero-order valence-corrected chi connectivity index (χ0v) is 15.3. The molecule has 0 bridgehead atoms. The van der Waals surface area contributed by atoms with Crippen LogP contribution in [0.25, 0.3) is 0 Å². The summed E-state index contributed by atoms with van der Waals surface area (Å²) < 4.78 is 34.6. The number of hydrogen-bond donors (Lipinski definition) is 1. The standard InChI is InChI=1S/C16H25O7P/c1-5-22-24(19,23-6-2)14(11-15(20-3)21-4)12-7-9-13(10-8-12)16(17)18/h7-10,14-15H,5-6,11H2,1-4H3,(H,17,18). The molecule has 7 nitrogen and oxygen atoms in total. The van der Waals surface area contributed by atoms with Crippen molar-refractivity contribution in [2.24, 2.45) is 0 Å². The van der Waals surface area contributed by atoms with Gasteiger partial charge >= 0.3 is 13.6 Å². The second kappa shape index (κ2) is 9.91. The lowest BCUT2D eigenvalue weighted by molar-refractivity contribution is -0.107. The summed E-state index contributed by atoms with van der Waals surface area (Å²) in [5, 5.41) is 9.02. The molecule has 1 aromatic carbocycles. The van der Waals surface area contributed by atoms with Gasteiger partial charge in [-0.15, -0.1) is 0 Å². The number of hydrogen-bond acceptors (Lipinski definition) is 6. The minimum Gasteiger partial charge on any atom is -0.478 e. The Labute approximate surface area is 142 Å². The van der Waals surface area contributed by atoms with E-state index in [0.717, 1.165) is 0 Å². The van der Waals surface area contributed by atoms with E-state index in [9.17, 15) is 9.36 Å². The molecule has 0 radical (unpaired) electrons. The van der Waals surface area contributed by atoms with Crippen LogP contribution in [-0.4, -0.2) is 44.8 Å². The summed E-state index contributed by atoms with van der Waals surface area (Å²) in [5.41, 5.74) is 0.157. The Hall–Kier alpha value is -1.24. The van der Waals surface area contributed by atoms with Crippen LogP contribution in [0.3, 0.4) is 0 Å². The molecular weight excluding hydrogens is 335 g/mol. The van der Waals surface area contributed by atoms with E-state index >= 15 is 0 Å². The Balaban J connectivity index is 3.25. The topological polar surface area (TPSA) is 91.3 Å². The van der Waals surface area contributed by atoms with E-state index in [0.29, 0.717) is 5.56 Å². The summed E-state index contributed by atoms with van der Waals surface area (Å²) in [5.74, 6) is -1.03. The van der Waals surface area contributed by atoms with Crippen LogP contribution < -0.4 is 0 Å². The van der Waals surface area contributed by atoms with Crippen molar-refractivity contribution in [3.8, 4) is 0 Å². The molecule has 0 aliphatic carbocycles. The van der Waals surface area contributed by atoms with Crippen molar-refractivity contribution in [2.75, 3.05) is 27.4 Å². The van der Waals surface area contributed by atoms with Gasteiger partial charge in [-0.2, -0.15) is 0 Å². The predicted molar refractivity (Wildman–Crippen MR) is 89.4 cm³/mol. The first-order valence-corrected chi connectivity index (χ1v) is 9.30. The van der Waals surface area contributed by atoms with Crippen molar-refractivity contribution in [1.29, 1.82) is 0 Å².